The van der Waals surface area contributed by atoms with Gasteiger partial charge in [-0.2, -0.15) is 5.26 Å². The Morgan fingerprint density at radius 2 is 2.00 bits per heavy atom. The minimum absolute atomic E-state index is 0.0843. The van der Waals surface area contributed by atoms with Crippen molar-refractivity contribution in [3.63, 3.8) is 0 Å². The van der Waals surface area contributed by atoms with E-state index < -0.39 is 26.4 Å². The number of aldehydes is 1. The molecule has 0 spiro atoms. The van der Waals surface area contributed by atoms with Gasteiger partial charge in [-0.3, -0.25) is 0 Å². The molecule has 2 rings (SSSR count). The van der Waals surface area contributed by atoms with Gasteiger partial charge in [0.2, 0.25) is 0 Å². The summed E-state index contributed by atoms with van der Waals surface area (Å²) in [6, 6.07) is 8.44. The van der Waals surface area contributed by atoms with Gasteiger partial charge in [0.05, 0.1) is 11.3 Å². The van der Waals surface area contributed by atoms with Crippen LogP contribution in [0, 0.1) is 16.7 Å². The van der Waals surface area contributed by atoms with Crippen LogP contribution in [0.15, 0.2) is 24.3 Å². The summed E-state index contributed by atoms with van der Waals surface area (Å²) in [6.07, 6.45) is 0.462. The number of rotatable bonds is 4. The Balaban J connectivity index is 2.49. The fourth-order valence-corrected chi connectivity index (χ4v) is 4.53. The van der Waals surface area contributed by atoms with E-state index in [1.54, 1.807) is 24.3 Å². The van der Waals surface area contributed by atoms with E-state index in [2.05, 4.69) is 0 Å². The zero-order chi connectivity index (χ0) is 14.3. The predicted octanol–water partition coefficient (Wildman–Crippen LogP) is 1.95. The second-order valence-electron chi connectivity index (χ2n) is 4.56. The van der Waals surface area contributed by atoms with E-state index in [0.29, 0.717) is 16.9 Å². The fourth-order valence-electron chi connectivity index (χ4n) is 2.48. The Bertz CT molecular complexity index is 647. The van der Waals surface area contributed by atoms with Gasteiger partial charge in [0.25, 0.3) is 0 Å². The average Bonchev–Trinajstić information content (AvgIpc) is 3.10. The molecule has 19 heavy (non-hydrogen) atoms. The molecule has 0 aromatic heterocycles. The van der Waals surface area contributed by atoms with Crippen molar-refractivity contribution >= 4 is 27.7 Å². The zero-order valence-corrected chi connectivity index (χ0v) is 11.8. The number of nitriles is 1. The minimum Gasteiger partial charge on any atom is -0.302 e. The molecule has 1 fully saturated rings. The molecule has 4 nitrogen and oxygen atoms in total. The summed E-state index contributed by atoms with van der Waals surface area (Å²) in [4.78, 5) is 11.2. The van der Waals surface area contributed by atoms with Crippen LogP contribution in [0.2, 0.25) is 5.02 Å². The maximum absolute atomic E-state index is 12.0. The summed E-state index contributed by atoms with van der Waals surface area (Å²) in [7, 11) is -3.45. The lowest BCUT2D eigenvalue weighted by molar-refractivity contribution is -0.110. The van der Waals surface area contributed by atoms with Crippen LogP contribution in [0.3, 0.4) is 0 Å². The van der Waals surface area contributed by atoms with E-state index in [0.717, 1.165) is 0 Å². The molecule has 0 radical (unpaired) electrons. The zero-order valence-electron chi connectivity index (χ0n) is 10.2. The molecule has 0 saturated heterocycles. The molecular formula is C13H12ClNO3S. The molecule has 100 valence electrons. The quantitative estimate of drug-likeness (QED) is 0.796. The number of carbonyl (C=O) groups excluding carboxylic acids is 1. The first-order chi connectivity index (χ1) is 8.93. The number of carbonyl (C=O) groups is 1. The highest BCUT2D eigenvalue weighted by Gasteiger charge is 2.72. The Morgan fingerprint density at radius 1 is 1.42 bits per heavy atom. The minimum atomic E-state index is -3.45. The molecule has 6 heteroatoms. The van der Waals surface area contributed by atoms with E-state index in [1.807, 2.05) is 6.07 Å². The number of hydrogen-bond donors (Lipinski definition) is 0. The van der Waals surface area contributed by atoms with Gasteiger partial charge in [0, 0.05) is 16.7 Å². The van der Waals surface area contributed by atoms with Crippen LogP contribution < -0.4 is 0 Å². The number of hydrogen-bond acceptors (Lipinski definition) is 4. The summed E-state index contributed by atoms with van der Waals surface area (Å²) in [5.41, 5.74) is -0.803. The number of sulfone groups is 1. The molecule has 1 aromatic rings. The first-order valence-corrected chi connectivity index (χ1v) is 7.87. The van der Waals surface area contributed by atoms with Crippen molar-refractivity contribution in [2.45, 2.75) is 18.1 Å². The molecule has 0 amide bonds. The van der Waals surface area contributed by atoms with Gasteiger partial charge in [0.15, 0.2) is 9.84 Å². The van der Waals surface area contributed by atoms with Crippen LogP contribution in [0.25, 0.3) is 0 Å². The van der Waals surface area contributed by atoms with Crippen molar-refractivity contribution in [1.82, 2.24) is 0 Å². The molecular weight excluding hydrogens is 286 g/mol. The van der Waals surface area contributed by atoms with E-state index >= 15 is 0 Å². The van der Waals surface area contributed by atoms with E-state index in [-0.39, 0.29) is 5.75 Å². The van der Waals surface area contributed by atoms with Crippen molar-refractivity contribution in [2.24, 2.45) is 5.41 Å². The van der Waals surface area contributed by atoms with Gasteiger partial charge in [-0.15, -0.1) is 0 Å². The highest BCUT2D eigenvalue weighted by Crippen LogP contribution is 2.61. The van der Waals surface area contributed by atoms with Gasteiger partial charge in [-0.05, 0) is 17.7 Å². The molecule has 1 aliphatic rings. The van der Waals surface area contributed by atoms with Crippen molar-refractivity contribution in [2.75, 3.05) is 5.75 Å². The summed E-state index contributed by atoms with van der Waals surface area (Å²) in [5.74, 6) is -0.684. The average molecular weight is 298 g/mol. The van der Waals surface area contributed by atoms with E-state index in [4.69, 9.17) is 11.6 Å². The normalized spacial score (nSPS) is 29.5. The molecule has 1 aromatic carbocycles. The molecule has 3 atom stereocenters. The van der Waals surface area contributed by atoms with Crippen LogP contribution in [0.4, 0.5) is 0 Å². The Labute approximate surface area is 116 Å². The van der Waals surface area contributed by atoms with Gasteiger partial charge < -0.3 is 4.79 Å². The first-order valence-electron chi connectivity index (χ1n) is 5.77. The number of nitrogens with zero attached hydrogens (tertiary/aromatic N) is 1. The molecule has 0 heterocycles. The summed E-state index contributed by atoms with van der Waals surface area (Å²) in [5, 5.41) is 8.77. The lowest BCUT2D eigenvalue weighted by atomic mass is 10.0. The summed E-state index contributed by atoms with van der Waals surface area (Å²) >= 11 is 5.78. The monoisotopic (exact) mass is 297 g/mol. The first kappa shape index (κ1) is 14.0. The van der Waals surface area contributed by atoms with Crippen LogP contribution in [-0.4, -0.2) is 25.7 Å². The van der Waals surface area contributed by atoms with Crippen LogP contribution >= 0.6 is 11.6 Å². The smallest absolute Gasteiger partial charge is 0.155 e. The molecule has 3 unspecified atom stereocenters. The highest BCUT2D eigenvalue weighted by atomic mass is 35.5. The SMILES string of the molecule is CCS(=O)(=O)C1C(c2ccc(Cl)cc2)C1(C#N)C=O. The van der Waals surface area contributed by atoms with Crippen LogP contribution in [0.1, 0.15) is 18.4 Å². The fraction of sp³-hybridized carbons (Fsp3) is 0.385. The highest BCUT2D eigenvalue weighted by molar-refractivity contribution is 7.92. The van der Waals surface area contributed by atoms with Crippen LogP contribution in [-0.2, 0) is 14.6 Å². The standard InChI is InChI=1S/C13H12ClNO3S/c1-2-19(17,18)12-11(13(12,7-15)8-16)9-3-5-10(14)6-4-9/h3-6,8,11-12H,2H2,1H3. The van der Waals surface area contributed by atoms with Crippen LogP contribution in [0.5, 0.6) is 0 Å². The lowest BCUT2D eigenvalue weighted by Gasteiger charge is -2.00. The van der Waals surface area contributed by atoms with Crippen molar-refractivity contribution in [3.05, 3.63) is 34.9 Å². The van der Waals surface area contributed by atoms with E-state index in [9.17, 15) is 18.5 Å². The predicted molar refractivity (Wildman–Crippen MR) is 71.6 cm³/mol. The Kier molecular flexibility index (Phi) is 3.41. The summed E-state index contributed by atoms with van der Waals surface area (Å²) in [6.45, 7) is 1.51. The van der Waals surface area contributed by atoms with Gasteiger partial charge in [-0.1, -0.05) is 30.7 Å². The molecule has 0 aliphatic heterocycles. The number of benzene rings is 1. The topological polar surface area (TPSA) is 75.0 Å². The Morgan fingerprint density at radius 3 is 2.42 bits per heavy atom. The van der Waals surface area contributed by atoms with Crippen molar-refractivity contribution in [3.8, 4) is 6.07 Å². The second-order valence-corrected chi connectivity index (χ2v) is 7.41. The maximum atomic E-state index is 12.0. The lowest BCUT2D eigenvalue weighted by Crippen LogP contribution is -2.17. The molecule has 1 aliphatic carbocycles. The number of halogens is 1. The largest absolute Gasteiger partial charge is 0.302 e. The van der Waals surface area contributed by atoms with E-state index in [1.165, 1.54) is 6.92 Å². The van der Waals surface area contributed by atoms with Crippen molar-refractivity contribution in [1.29, 1.82) is 5.26 Å². The molecule has 1 saturated carbocycles. The van der Waals surface area contributed by atoms with Gasteiger partial charge >= 0.3 is 0 Å². The van der Waals surface area contributed by atoms with Crippen molar-refractivity contribution < 1.29 is 13.2 Å². The van der Waals surface area contributed by atoms with Gasteiger partial charge in [-0.25, -0.2) is 8.42 Å². The third-order valence-electron chi connectivity index (χ3n) is 3.59. The second kappa shape index (κ2) is 4.62. The third kappa shape index (κ3) is 2.05. The maximum Gasteiger partial charge on any atom is 0.155 e. The Hall–Kier alpha value is -1.38. The molecule has 0 bridgehead atoms. The third-order valence-corrected chi connectivity index (χ3v) is 6.08. The summed E-state index contributed by atoms with van der Waals surface area (Å²) < 4.78 is 24.0. The molecule has 0 N–H and O–H groups in total. The van der Waals surface area contributed by atoms with Gasteiger partial charge in [0.1, 0.15) is 11.7 Å².